The normalized spacial score (nSPS) is 12.0. The third kappa shape index (κ3) is 4.20. The van der Waals surface area contributed by atoms with Gasteiger partial charge in [-0.15, -0.1) is 0 Å². The maximum atomic E-state index is 11.4. The summed E-state index contributed by atoms with van der Waals surface area (Å²) in [7, 11) is 1.73. The minimum atomic E-state index is -0.0842. The van der Waals surface area contributed by atoms with Crippen LogP contribution in [0.3, 0.4) is 0 Å². The second-order valence-electron chi connectivity index (χ2n) is 3.94. The van der Waals surface area contributed by atoms with Crippen LogP contribution in [-0.2, 0) is 4.79 Å². The van der Waals surface area contributed by atoms with E-state index in [1.807, 2.05) is 32.0 Å². The molecule has 0 bridgehead atoms. The summed E-state index contributed by atoms with van der Waals surface area (Å²) in [5, 5.41) is 6.24. The van der Waals surface area contributed by atoms with Gasteiger partial charge >= 0.3 is 0 Å². The van der Waals surface area contributed by atoms with E-state index in [2.05, 4.69) is 10.6 Å². The predicted octanol–water partition coefficient (Wildman–Crippen LogP) is 2.14. The third-order valence-electron chi connectivity index (χ3n) is 2.47. The molecule has 1 aromatic carbocycles. The molecule has 0 aliphatic carbocycles. The summed E-state index contributed by atoms with van der Waals surface area (Å²) in [6.07, 6.45) is 0. The number of benzene rings is 1. The molecule has 0 aromatic heterocycles. The fraction of sp³-hybridized carbons (Fsp3) is 0.462. The lowest BCUT2D eigenvalue weighted by Crippen LogP contribution is -2.33. The van der Waals surface area contributed by atoms with Crippen molar-refractivity contribution in [2.24, 2.45) is 0 Å². The van der Waals surface area contributed by atoms with E-state index in [4.69, 9.17) is 16.3 Å². The molecule has 0 aliphatic rings. The molecule has 100 valence electrons. The van der Waals surface area contributed by atoms with Gasteiger partial charge in [-0.2, -0.15) is 0 Å². The lowest BCUT2D eigenvalue weighted by atomic mass is 10.1. The summed E-state index contributed by atoms with van der Waals surface area (Å²) in [5.74, 6) is 0.617. The monoisotopic (exact) mass is 270 g/mol. The Balaban J connectivity index is 2.71. The topological polar surface area (TPSA) is 50.4 Å². The number of halogens is 1. The molecule has 2 N–H and O–H groups in total. The Kier molecular flexibility index (Phi) is 5.95. The maximum Gasteiger partial charge on any atom is 0.234 e. The third-order valence-corrected chi connectivity index (χ3v) is 2.77. The van der Waals surface area contributed by atoms with Gasteiger partial charge in [-0.25, -0.2) is 0 Å². The van der Waals surface area contributed by atoms with Gasteiger partial charge in [0.25, 0.3) is 0 Å². The summed E-state index contributed by atoms with van der Waals surface area (Å²) in [6, 6.07) is 5.46. The highest BCUT2D eigenvalue weighted by Gasteiger charge is 2.11. The highest BCUT2D eigenvalue weighted by Crippen LogP contribution is 2.27. The number of hydrogen-bond acceptors (Lipinski definition) is 3. The second-order valence-corrected chi connectivity index (χ2v) is 4.35. The van der Waals surface area contributed by atoms with Gasteiger partial charge in [0.15, 0.2) is 0 Å². The number of amides is 1. The SMILES string of the molecule is CCOc1ccc(C(C)NC(=O)CNC)cc1Cl. The number of likely N-dealkylation sites (N-methyl/N-ethyl adjacent to an activating group) is 1. The Morgan fingerprint density at radius 3 is 2.78 bits per heavy atom. The van der Waals surface area contributed by atoms with E-state index in [1.165, 1.54) is 0 Å². The van der Waals surface area contributed by atoms with Gasteiger partial charge in [-0.05, 0) is 38.6 Å². The van der Waals surface area contributed by atoms with Crippen molar-refractivity contribution >= 4 is 17.5 Å². The van der Waals surface area contributed by atoms with Gasteiger partial charge in [0.1, 0.15) is 5.75 Å². The first-order valence-corrected chi connectivity index (χ1v) is 6.32. The standard InChI is InChI=1S/C13H19ClN2O2/c1-4-18-12-6-5-10(7-11(12)14)9(2)16-13(17)8-15-3/h5-7,9,15H,4,8H2,1-3H3,(H,16,17). The first-order chi connectivity index (χ1) is 8.58. The number of nitrogens with one attached hydrogen (secondary N) is 2. The van der Waals surface area contributed by atoms with Gasteiger partial charge in [0.05, 0.1) is 24.2 Å². The van der Waals surface area contributed by atoms with Crippen molar-refractivity contribution in [2.45, 2.75) is 19.9 Å². The van der Waals surface area contributed by atoms with Crippen LogP contribution in [-0.4, -0.2) is 26.1 Å². The van der Waals surface area contributed by atoms with E-state index in [0.717, 1.165) is 5.56 Å². The van der Waals surface area contributed by atoms with Crippen molar-refractivity contribution in [3.8, 4) is 5.75 Å². The lowest BCUT2D eigenvalue weighted by Gasteiger charge is -2.15. The number of hydrogen-bond donors (Lipinski definition) is 2. The first kappa shape index (κ1) is 14.8. The highest BCUT2D eigenvalue weighted by atomic mass is 35.5. The molecule has 0 saturated carbocycles. The van der Waals surface area contributed by atoms with Gasteiger partial charge in [0, 0.05) is 0 Å². The van der Waals surface area contributed by atoms with E-state index in [-0.39, 0.29) is 11.9 Å². The van der Waals surface area contributed by atoms with Crippen LogP contribution in [0.2, 0.25) is 5.02 Å². The van der Waals surface area contributed by atoms with E-state index >= 15 is 0 Å². The Hall–Kier alpha value is -1.26. The van der Waals surface area contributed by atoms with Gasteiger partial charge in [0.2, 0.25) is 5.91 Å². The molecule has 18 heavy (non-hydrogen) atoms. The first-order valence-electron chi connectivity index (χ1n) is 5.94. The number of carbonyl (C=O) groups excluding carboxylic acids is 1. The largest absolute Gasteiger partial charge is 0.492 e. The summed E-state index contributed by atoms with van der Waals surface area (Å²) in [6.45, 7) is 4.70. The zero-order valence-electron chi connectivity index (χ0n) is 10.9. The molecule has 0 radical (unpaired) electrons. The summed E-state index contributed by atoms with van der Waals surface area (Å²) in [4.78, 5) is 11.4. The van der Waals surface area contributed by atoms with Crippen LogP contribution >= 0.6 is 11.6 Å². The number of ether oxygens (including phenoxy) is 1. The Bertz CT molecular complexity index is 410. The molecule has 0 aliphatic heterocycles. The molecule has 0 spiro atoms. The molecule has 4 nitrogen and oxygen atoms in total. The van der Waals surface area contributed by atoms with Crippen molar-refractivity contribution in [1.29, 1.82) is 0 Å². The van der Waals surface area contributed by atoms with Crippen molar-refractivity contribution in [2.75, 3.05) is 20.2 Å². The average Bonchev–Trinajstić information content (AvgIpc) is 2.32. The molecule has 1 unspecified atom stereocenters. The Morgan fingerprint density at radius 1 is 1.50 bits per heavy atom. The van der Waals surface area contributed by atoms with Gasteiger partial charge < -0.3 is 15.4 Å². The van der Waals surface area contributed by atoms with E-state index < -0.39 is 0 Å². The van der Waals surface area contributed by atoms with Gasteiger partial charge in [-0.1, -0.05) is 17.7 Å². The molecule has 0 heterocycles. The minimum Gasteiger partial charge on any atom is -0.492 e. The van der Waals surface area contributed by atoms with Crippen LogP contribution in [0.5, 0.6) is 5.75 Å². The second kappa shape index (κ2) is 7.24. The fourth-order valence-electron chi connectivity index (χ4n) is 1.60. The van der Waals surface area contributed by atoms with E-state index in [0.29, 0.717) is 23.9 Å². The molecule has 1 amide bonds. The number of carbonyl (C=O) groups is 1. The smallest absolute Gasteiger partial charge is 0.234 e. The molecule has 1 atom stereocenters. The van der Waals surface area contributed by atoms with Crippen LogP contribution in [0.15, 0.2) is 18.2 Å². The zero-order chi connectivity index (χ0) is 13.5. The highest BCUT2D eigenvalue weighted by molar-refractivity contribution is 6.32. The van der Waals surface area contributed by atoms with Crippen molar-refractivity contribution in [1.82, 2.24) is 10.6 Å². The quantitative estimate of drug-likeness (QED) is 0.833. The molecular weight excluding hydrogens is 252 g/mol. The summed E-state index contributed by atoms with van der Waals surface area (Å²) in [5.41, 5.74) is 0.952. The number of rotatable bonds is 6. The van der Waals surface area contributed by atoms with Crippen molar-refractivity contribution < 1.29 is 9.53 Å². The maximum absolute atomic E-state index is 11.4. The average molecular weight is 271 g/mol. The van der Waals surface area contributed by atoms with Crippen LogP contribution in [0.25, 0.3) is 0 Å². The lowest BCUT2D eigenvalue weighted by molar-refractivity contribution is -0.120. The fourth-order valence-corrected chi connectivity index (χ4v) is 1.84. The van der Waals surface area contributed by atoms with E-state index in [9.17, 15) is 4.79 Å². The van der Waals surface area contributed by atoms with Gasteiger partial charge in [-0.3, -0.25) is 4.79 Å². The molecule has 1 rings (SSSR count). The van der Waals surface area contributed by atoms with Crippen LogP contribution < -0.4 is 15.4 Å². The predicted molar refractivity (Wildman–Crippen MR) is 73.1 cm³/mol. The zero-order valence-corrected chi connectivity index (χ0v) is 11.7. The van der Waals surface area contributed by atoms with Crippen LogP contribution in [0.1, 0.15) is 25.5 Å². The van der Waals surface area contributed by atoms with Crippen LogP contribution in [0, 0.1) is 0 Å². The Morgan fingerprint density at radius 2 is 2.22 bits per heavy atom. The molecule has 1 aromatic rings. The Labute approximate surface area is 113 Å². The molecule has 0 saturated heterocycles. The summed E-state index contributed by atoms with van der Waals surface area (Å²) < 4.78 is 5.36. The molecular formula is C13H19ClN2O2. The van der Waals surface area contributed by atoms with Crippen molar-refractivity contribution in [3.63, 3.8) is 0 Å². The van der Waals surface area contributed by atoms with E-state index in [1.54, 1.807) is 7.05 Å². The molecule has 5 heteroatoms. The van der Waals surface area contributed by atoms with Crippen molar-refractivity contribution in [3.05, 3.63) is 28.8 Å². The minimum absolute atomic E-state index is 0.0463. The molecule has 0 fully saturated rings. The van der Waals surface area contributed by atoms with Crippen LogP contribution in [0.4, 0.5) is 0 Å². The summed E-state index contributed by atoms with van der Waals surface area (Å²) >= 11 is 6.10.